The summed E-state index contributed by atoms with van der Waals surface area (Å²) in [7, 11) is 0. The Labute approximate surface area is 179 Å². The van der Waals surface area contributed by atoms with Crippen LogP contribution >= 0.6 is 0 Å². The molecule has 0 unspecified atom stereocenters. The van der Waals surface area contributed by atoms with Gasteiger partial charge in [-0.05, 0) is 66.1 Å². The highest BCUT2D eigenvalue weighted by molar-refractivity contribution is 5.91. The Morgan fingerprint density at radius 1 is 0.903 bits per heavy atom. The molecule has 7 heteroatoms. The molecule has 0 aliphatic carbocycles. The van der Waals surface area contributed by atoms with Gasteiger partial charge in [0.05, 0.1) is 6.21 Å². The number of anilines is 1. The minimum Gasteiger partial charge on any atom is -0.484 e. The number of halogens is 1. The molecule has 0 radical (unpaired) electrons. The lowest BCUT2D eigenvalue weighted by Gasteiger charge is -2.07. The fraction of sp³-hybridized carbons (Fsp3) is 0.125. The number of nitrogens with zero attached hydrogens (tertiary/aromatic N) is 1. The van der Waals surface area contributed by atoms with Gasteiger partial charge in [0.1, 0.15) is 11.6 Å². The first kappa shape index (κ1) is 21.7. The first-order valence-corrected chi connectivity index (χ1v) is 9.72. The molecule has 158 valence electrons. The highest BCUT2D eigenvalue weighted by atomic mass is 19.1. The number of hydrogen-bond acceptors (Lipinski definition) is 4. The van der Waals surface area contributed by atoms with Gasteiger partial charge < -0.3 is 10.1 Å². The van der Waals surface area contributed by atoms with Crippen molar-refractivity contribution in [1.82, 2.24) is 5.43 Å². The van der Waals surface area contributed by atoms with Gasteiger partial charge in [-0.2, -0.15) is 5.10 Å². The summed E-state index contributed by atoms with van der Waals surface area (Å²) >= 11 is 0. The van der Waals surface area contributed by atoms with Crippen LogP contribution in [-0.2, 0) is 16.0 Å². The third kappa shape index (κ3) is 7.74. The van der Waals surface area contributed by atoms with E-state index < -0.39 is 0 Å². The van der Waals surface area contributed by atoms with Crippen LogP contribution in [0.1, 0.15) is 17.5 Å². The Balaban J connectivity index is 1.38. The number of hydrogen-bond donors (Lipinski definition) is 2. The normalized spacial score (nSPS) is 10.6. The van der Waals surface area contributed by atoms with Gasteiger partial charge in [0.15, 0.2) is 6.61 Å². The Kier molecular flexibility index (Phi) is 7.88. The molecule has 0 saturated carbocycles. The summed E-state index contributed by atoms with van der Waals surface area (Å²) in [4.78, 5) is 23.8. The molecule has 2 N–H and O–H groups in total. The van der Waals surface area contributed by atoms with E-state index in [0.717, 1.165) is 11.1 Å². The van der Waals surface area contributed by atoms with E-state index in [0.29, 0.717) is 24.3 Å². The Hall–Kier alpha value is -4.00. The molecular formula is C24H22FN3O3. The SMILES string of the molecule is O=C(CCc1ccccc1)N/N=C\c1ccc(OCC(=O)Nc2ccc(F)cc2)cc1. The van der Waals surface area contributed by atoms with Crippen LogP contribution in [0.2, 0.25) is 0 Å². The molecular weight excluding hydrogens is 397 g/mol. The van der Waals surface area contributed by atoms with Crippen LogP contribution < -0.4 is 15.5 Å². The van der Waals surface area contributed by atoms with E-state index in [1.807, 2.05) is 30.3 Å². The van der Waals surface area contributed by atoms with E-state index in [1.54, 1.807) is 24.3 Å². The summed E-state index contributed by atoms with van der Waals surface area (Å²) in [5.74, 6) is -0.370. The molecule has 2 amide bonds. The van der Waals surface area contributed by atoms with Crippen LogP contribution in [0.25, 0.3) is 0 Å². The molecule has 3 aromatic carbocycles. The number of carbonyl (C=O) groups is 2. The van der Waals surface area contributed by atoms with Crippen molar-refractivity contribution in [3.05, 3.63) is 95.8 Å². The molecule has 0 atom stereocenters. The molecule has 3 rings (SSSR count). The molecule has 6 nitrogen and oxygen atoms in total. The number of amides is 2. The summed E-state index contributed by atoms with van der Waals surface area (Å²) < 4.78 is 18.3. The van der Waals surface area contributed by atoms with Crippen molar-refractivity contribution in [3.8, 4) is 5.75 Å². The van der Waals surface area contributed by atoms with E-state index in [1.165, 1.54) is 30.5 Å². The number of ether oxygens (including phenoxy) is 1. The number of nitrogens with one attached hydrogen (secondary N) is 2. The predicted molar refractivity (Wildman–Crippen MR) is 117 cm³/mol. The summed E-state index contributed by atoms with van der Waals surface area (Å²) in [6.45, 7) is -0.178. The van der Waals surface area contributed by atoms with Gasteiger partial charge in [0, 0.05) is 12.1 Å². The minimum absolute atomic E-state index is 0.160. The zero-order valence-corrected chi connectivity index (χ0v) is 16.8. The van der Waals surface area contributed by atoms with Crippen LogP contribution in [0.5, 0.6) is 5.75 Å². The number of aryl methyl sites for hydroxylation is 1. The smallest absolute Gasteiger partial charge is 0.262 e. The maximum atomic E-state index is 12.9. The lowest BCUT2D eigenvalue weighted by Crippen LogP contribution is -2.20. The maximum absolute atomic E-state index is 12.9. The van der Waals surface area contributed by atoms with Gasteiger partial charge >= 0.3 is 0 Å². The molecule has 3 aromatic rings. The summed E-state index contributed by atoms with van der Waals surface area (Å²) in [5, 5.41) is 6.57. The molecule has 0 aliphatic rings. The topological polar surface area (TPSA) is 79.8 Å². The van der Waals surface area contributed by atoms with Crippen molar-refractivity contribution in [2.24, 2.45) is 5.10 Å². The number of rotatable bonds is 9. The van der Waals surface area contributed by atoms with Crippen LogP contribution in [0.3, 0.4) is 0 Å². The molecule has 0 aromatic heterocycles. The van der Waals surface area contributed by atoms with Crippen LogP contribution in [0.4, 0.5) is 10.1 Å². The minimum atomic E-state index is -0.371. The van der Waals surface area contributed by atoms with Crippen molar-refractivity contribution in [3.63, 3.8) is 0 Å². The maximum Gasteiger partial charge on any atom is 0.262 e. The van der Waals surface area contributed by atoms with Crippen molar-refractivity contribution >= 4 is 23.7 Å². The van der Waals surface area contributed by atoms with Gasteiger partial charge in [-0.3, -0.25) is 9.59 Å². The highest BCUT2D eigenvalue weighted by Gasteiger charge is 2.04. The van der Waals surface area contributed by atoms with Gasteiger partial charge in [0.2, 0.25) is 5.91 Å². The monoisotopic (exact) mass is 419 g/mol. The van der Waals surface area contributed by atoms with E-state index in [4.69, 9.17) is 4.74 Å². The first-order chi connectivity index (χ1) is 15.1. The molecule has 0 heterocycles. The molecule has 31 heavy (non-hydrogen) atoms. The lowest BCUT2D eigenvalue weighted by molar-refractivity contribution is -0.121. The summed E-state index contributed by atoms with van der Waals surface area (Å²) in [6.07, 6.45) is 2.54. The molecule has 0 saturated heterocycles. The quantitative estimate of drug-likeness (QED) is 0.407. The van der Waals surface area contributed by atoms with Crippen LogP contribution in [-0.4, -0.2) is 24.6 Å². The highest BCUT2D eigenvalue weighted by Crippen LogP contribution is 2.12. The van der Waals surface area contributed by atoms with Crippen molar-refractivity contribution in [1.29, 1.82) is 0 Å². The van der Waals surface area contributed by atoms with Crippen molar-refractivity contribution in [2.45, 2.75) is 12.8 Å². The zero-order valence-electron chi connectivity index (χ0n) is 16.8. The predicted octanol–water partition coefficient (Wildman–Crippen LogP) is 3.93. The number of benzene rings is 3. The Morgan fingerprint density at radius 2 is 1.61 bits per heavy atom. The third-order valence-corrected chi connectivity index (χ3v) is 4.26. The summed E-state index contributed by atoms with van der Waals surface area (Å²) in [6, 6.07) is 22.2. The fourth-order valence-electron chi connectivity index (χ4n) is 2.67. The standard InChI is InChI=1S/C24H22FN3O3/c25-20-9-11-21(12-10-20)27-24(30)17-31-22-13-6-19(7-14-22)16-26-28-23(29)15-8-18-4-2-1-3-5-18/h1-7,9-14,16H,8,15,17H2,(H,27,30)(H,28,29)/b26-16-. The average molecular weight is 419 g/mol. The number of carbonyl (C=O) groups excluding carboxylic acids is 2. The molecule has 0 bridgehead atoms. The zero-order chi connectivity index (χ0) is 21.9. The van der Waals surface area contributed by atoms with E-state index >= 15 is 0 Å². The fourth-order valence-corrected chi connectivity index (χ4v) is 2.67. The van der Waals surface area contributed by atoms with E-state index in [-0.39, 0.29) is 24.2 Å². The lowest BCUT2D eigenvalue weighted by atomic mass is 10.1. The second-order valence-electron chi connectivity index (χ2n) is 6.69. The molecule has 0 aliphatic heterocycles. The van der Waals surface area contributed by atoms with Gasteiger partial charge in [0.25, 0.3) is 5.91 Å². The second-order valence-corrected chi connectivity index (χ2v) is 6.69. The van der Waals surface area contributed by atoms with Crippen LogP contribution in [0, 0.1) is 5.82 Å². The molecule has 0 spiro atoms. The van der Waals surface area contributed by atoms with Crippen molar-refractivity contribution < 1.29 is 18.7 Å². The van der Waals surface area contributed by atoms with Crippen molar-refractivity contribution in [2.75, 3.05) is 11.9 Å². The van der Waals surface area contributed by atoms with Gasteiger partial charge in [-0.15, -0.1) is 0 Å². The molecule has 0 fully saturated rings. The third-order valence-electron chi connectivity index (χ3n) is 4.26. The van der Waals surface area contributed by atoms with Gasteiger partial charge in [-0.1, -0.05) is 30.3 Å². The Bertz CT molecular complexity index is 1020. The Morgan fingerprint density at radius 3 is 2.32 bits per heavy atom. The average Bonchev–Trinajstić information content (AvgIpc) is 2.79. The van der Waals surface area contributed by atoms with E-state index in [9.17, 15) is 14.0 Å². The largest absolute Gasteiger partial charge is 0.484 e. The summed E-state index contributed by atoms with van der Waals surface area (Å²) in [5.41, 5.74) is 4.87. The second kappa shape index (κ2) is 11.3. The van der Waals surface area contributed by atoms with Crippen LogP contribution in [0.15, 0.2) is 84.0 Å². The first-order valence-electron chi connectivity index (χ1n) is 9.72. The number of hydrazone groups is 1. The van der Waals surface area contributed by atoms with Gasteiger partial charge in [-0.25, -0.2) is 9.82 Å². The van der Waals surface area contributed by atoms with E-state index in [2.05, 4.69) is 15.8 Å².